The molecular formula is C15H17F3N4O2. The van der Waals surface area contributed by atoms with E-state index in [9.17, 15) is 18.0 Å². The topological polar surface area (TPSA) is 68.5 Å². The highest BCUT2D eigenvalue weighted by atomic mass is 19.4. The fourth-order valence-electron chi connectivity index (χ4n) is 2.56. The van der Waals surface area contributed by atoms with E-state index in [4.69, 9.17) is 0 Å². The largest absolute Gasteiger partial charge is 0.522 e. The summed E-state index contributed by atoms with van der Waals surface area (Å²) in [6.07, 6.45) is -1.13. The molecule has 0 aliphatic heterocycles. The fourth-order valence-corrected chi connectivity index (χ4v) is 2.56. The molecule has 3 rings (SSSR count). The van der Waals surface area contributed by atoms with Gasteiger partial charge in [-0.3, -0.25) is 13.9 Å². The monoisotopic (exact) mass is 342 g/mol. The number of carbonyl (C=O) groups is 1. The van der Waals surface area contributed by atoms with Crippen LogP contribution in [0.2, 0.25) is 0 Å². The number of nitrogens with zero attached hydrogens (tertiary/aromatic N) is 3. The number of ether oxygens (including phenoxy) is 1. The second-order valence-corrected chi connectivity index (χ2v) is 6.01. The molecule has 24 heavy (non-hydrogen) atoms. The standard InChI is InChI=1S/C15H17F3N4O2/c1-8-5-11(6-24-15(16,17)18)21-13-12(19-7-22(8)13)14(23)20-9(2)10-3-4-10/h5,7,9-10H,3-4,6H2,1-2H3,(H,20,23). The van der Waals surface area contributed by atoms with Crippen molar-refractivity contribution in [3.05, 3.63) is 29.5 Å². The number of imidazole rings is 1. The Hall–Kier alpha value is -2.16. The Labute approximate surface area is 136 Å². The lowest BCUT2D eigenvalue weighted by molar-refractivity contribution is -0.330. The van der Waals surface area contributed by atoms with E-state index >= 15 is 0 Å². The summed E-state index contributed by atoms with van der Waals surface area (Å²) in [5.74, 6) is 0.103. The van der Waals surface area contributed by atoms with Gasteiger partial charge >= 0.3 is 6.36 Å². The predicted molar refractivity (Wildman–Crippen MR) is 78.2 cm³/mol. The number of alkyl halides is 3. The van der Waals surface area contributed by atoms with Crippen LogP contribution in [-0.4, -0.2) is 32.7 Å². The molecule has 0 saturated heterocycles. The number of carbonyl (C=O) groups excluding carboxylic acids is 1. The molecule has 1 amide bonds. The molecule has 1 aliphatic rings. The summed E-state index contributed by atoms with van der Waals surface area (Å²) < 4.78 is 42.0. The van der Waals surface area contributed by atoms with Crippen LogP contribution < -0.4 is 5.32 Å². The Bertz CT molecular complexity index is 768. The summed E-state index contributed by atoms with van der Waals surface area (Å²) in [7, 11) is 0. The highest BCUT2D eigenvalue weighted by Gasteiger charge is 2.31. The average molecular weight is 342 g/mol. The van der Waals surface area contributed by atoms with Crippen molar-refractivity contribution in [2.24, 2.45) is 5.92 Å². The Morgan fingerprint density at radius 3 is 2.83 bits per heavy atom. The summed E-state index contributed by atoms with van der Waals surface area (Å²) >= 11 is 0. The highest BCUT2D eigenvalue weighted by molar-refractivity contribution is 5.98. The van der Waals surface area contributed by atoms with Gasteiger partial charge in [0.15, 0.2) is 11.3 Å². The second-order valence-electron chi connectivity index (χ2n) is 6.01. The molecule has 1 N–H and O–H groups in total. The molecule has 2 aromatic rings. The third-order valence-corrected chi connectivity index (χ3v) is 4.03. The molecule has 0 bridgehead atoms. The van der Waals surface area contributed by atoms with Gasteiger partial charge in [0.1, 0.15) is 6.33 Å². The molecule has 1 saturated carbocycles. The number of nitrogens with one attached hydrogen (secondary N) is 1. The molecule has 0 aromatic carbocycles. The lowest BCUT2D eigenvalue weighted by atomic mass is 10.2. The highest BCUT2D eigenvalue weighted by Crippen LogP contribution is 2.32. The first kappa shape index (κ1) is 16.7. The van der Waals surface area contributed by atoms with E-state index < -0.39 is 13.0 Å². The number of hydrogen-bond acceptors (Lipinski definition) is 4. The number of amides is 1. The Balaban J connectivity index is 1.85. The van der Waals surface area contributed by atoms with E-state index in [1.54, 1.807) is 11.3 Å². The normalized spacial score (nSPS) is 16.4. The first-order valence-corrected chi connectivity index (χ1v) is 7.60. The molecule has 1 aliphatic carbocycles. The summed E-state index contributed by atoms with van der Waals surface area (Å²) in [5, 5.41) is 2.87. The van der Waals surface area contributed by atoms with Gasteiger partial charge in [-0.1, -0.05) is 0 Å². The van der Waals surface area contributed by atoms with Crippen molar-refractivity contribution in [2.45, 2.75) is 45.7 Å². The van der Waals surface area contributed by atoms with E-state index in [1.165, 1.54) is 12.4 Å². The zero-order chi connectivity index (χ0) is 17.5. The first-order valence-electron chi connectivity index (χ1n) is 7.60. The van der Waals surface area contributed by atoms with Crippen LogP contribution in [0, 0.1) is 12.8 Å². The van der Waals surface area contributed by atoms with Crippen LogP contribution >= 0.6 is 0 Å². The van der Waals surface area contributed by atoms with Crippen molar-refractivity contribution in [1.29, 1.82) is 0 Å². The summed E-state index contributed by atoms with van der Waals surface area (Å²) in [5.41, 5.74) is 1.01. The summed E-state index contributed by atoms with van der Waals surface area (Å²) in [6, 6.07) is 1.50. The van der Waals surface area contributed by atoms with Crippen molar-refractivity contribution in [3.8, 4) is 0 Å². The van der Waals surface area contributed by atoms with Gasteiger partial charge in [0, 0.05) is 11.7 Å². The van der Waals surface area contributed by atoms with Crippen molar-refractivity contribution in [2.75, 3.05) is 0 Å². The Morgan fingerprint density at radius 1 is 1.50 bits per heavy atom. The lowest BCUT2D eigenvalue weighted by Gasteiger charge is -2.12. The van der Waals surface area contributed by atoms with Gasteiger partial charge in [0.25, 0.3) is 5.91 Å². The Morgan fingerprint density at radius 2 is 2.21 bits per heavy atom. The number of fused-ring (bicyclic) bond motifs is 1. The fraction of sp³-hybridized carbons (Fsp3) is 0.533. The molecule has 6 nitrogen and oxygen atoms in total. The van der Waals surface area contributed by atoms with Crippen LogP contribution in [0.25, 0.3) is 5.65 Å². The quantitative estimate of drug-likeness (QED) is 0.907. The summed E-state index contributed by atoms with van der Waals surface area (Å²) in [4.78, 5) is 20.5. The number of hydrogen-bond donors (Lipinski definition) is 1. The maximum Gasteiger partial charge on any atom is 0.522 e. The molecule has 1 fully saturated rings. The minimum atomic E-state index is -4.73. The van der Waals surface area contributed by atoms with Crippen molar-refractivity contribution < 1.29 is 22.7 Å². The molecule has 0 radical (unpaired) electrons. The maximum atomic E-state index is 12.4. The molecule has 0 spiro atoms. The van der Waals surface area contributed by atoms with Crippen molar-refractivity contribution in [3.63, 3.8) is 0 Å². The van der Waals surface area contributed by atoms with Gasteiger partial charge in [0.05, 0.1) is 12.3 Å². The number of aromatic nitrogens is 3. The molecule has 1 unspecified atom stereocenters. The number of halogens is 3. The van der Waals surface area contributed by atoms with E-state index in [0.29, 0.717) is 11.6 Å². The molecule has 2 heterocycles. The SMILES string of the molecule is Cc1cc(COC(F)(F)F)nc2c(C(=O)NC(C)C3CC3)ncn12. The molecule has 9 heteroatoms. The minimum Gasteiger partial charge on any atom is -0.348 e. The molecule has 130 valence electrons. The van der Waals surface area contributed by atoms with Crippen LogP contribution in [-0.2, 0) is 11.3 Å². The van der Waals surface area contributed by atoms with E-state index in [1.807, 2.05) is 6.92 Å². The molecule has 1 atom stereocenters. The van der Waals surface area contributed by atoms with E-state index in [0.717, 1.165) is 12.8 Å². The van der Waals surface area contributed by atoms with Crippen LogP contribution in [0.5, 0.6) is 0 Å². The van der Waals surface area contributed by atoms with E-state index in [-0.39, 0.29) is 29.0 Å². The predicted octanol–water partition coefficient (Wildman–Crippen LogP) is 2.60. The lowest BCUT2D eigenvalue weighted by Crippen LogP contribution is -2.34. The van der Waals surface area contributed by atoms with Crippen LogP contribution in [0.1, 0.15) is 41.6 Å². The van der Waals surface area contributed by atoms with Gasteiger partial charge in [-0.05, 0) is 38.7 Å². The van der Waals surface area contributed by atoms with Gasteiger partial charge < -0.3 is 5.32 Å². The van der Waals surface area contributed by atoms with Crippen molar-refractivity contribution >= 4 is 11.6 Å². The van der Waals surface area contributed by atoms with Gasteiger partial charge in [-0.25, -0.2) is 9.97 Å². The molecule has 2 aromatic heterocycles. The Kier molecular flexibility index (Phi) is 4.20. The van der Waals surface area contributed by atoms with Crippen LogP contribution in [0.4, 0.5) is 13.2 Å². The van der Waals surface area contributed by atoms with Gasteiger partial charge in [0.2, 0.25) is 0 Å². The zero-order valence-corrected chi connectivity index (χ0v) is 13.2. The average Bonchev–Trinajstić information content (AvgIpc) is 3.24. The van der Waals surface area contributed by atoms with Crippen molar-refractivity contribution in [1.82, 2.24) is 19.7 Å². The molecular weight excluding hydrogens is 325 g/mol. The number of rotatable bonds is 5. The smallest absolute Gasteiger partial charge is 0.348 e. The third kappa shape index (κ3) is 3.66. The minimum absolute atomic E-state index is 0.0343. The summed E-state index contributed by atoms with van der Waals surface area (Å²) in [6.45, 7) is 2.91. The van der Waals surface area contributed by atoms with E-state index in [2.05, 4.69) is 20.0 Å². The van der Waals surface area contributed by atoms with Gasteiger partial charge in [-0.2, -0.15) is 0 Å². The first-order chi connectivity index (χ1) is 11.2. The van der Waals surface area contributed by atoms with Crippen LogP contribution in [0.15, 0.2) is 12.4 Å². The van der Waals surface area contributed by atoms with Crippen LogP contribution in [0.3, 0.4) is 0 Å². The second kappa shape index (κ2) is 6.04. The maximum absolute atomic E-state index is 12.4. The number of aryl methyl sites for hydroxylation is 1. The third-order valence-electron chi connectivity index (χ3n) is 4.03. The zero-order valence-electron chi connectivity index (χ0n) is 13.2. The van der Waals surface area contributed by atoms with Gasteiger partial charge in [-0.15, -0.1) is 13.2 Å².